The predicted molar refractivity (Wildman–Crippen MR) is 74.2 cm³/mol. The molecule has 5 heteroatoms. The Balaban J connectivity index is -0.0000000937. The summed E-state index contributed by atoms with van der Waals surface area (Å²) in [7, 11) is 1.50. The van der Waals surface area contributed by atoms with Crippen LogP contribution in [0, 0.1) is 37.0 Å². The first-order valence-electron chi connectivity index (χ1n) is 6.21. The summed E-state index contributed by atoms with van der Waals surface area (Å²) >= 11 is 0. The Morgan fingerprint density at radius 2 is 1.72 bits per heavy atom. The summed E-state index contributed by atoms with van der Waals surface area (Å²) in [6.07, 6.45) is 3.71. The molecule has 1 fully saturated rings. The number of aliphatic hydroxyl groups excluding tert-OH is 1. The van der Waals surface area contributed by atoms with Crippen LogP contribution in [0.15, 0.2) is 0 Å². The molecule has 0 radical (unpaired) electrons. The van der Waals surface area contributed by atoms with E-state index in [1.54, 1.807) is 6.41 Å². The quantitative estimate of drug-likeness (QED) is 0.587. The molecule has 1 unspecified atom stereocenters. The molecule has 3 N–H and O–H groups in total. The SMILES string of the molecule is CC.CN.C[C-](C)C.O=[C-]N1CCCC1CO.[U+2]. The van der Waals surface area contributed by atoms with Gasteiger partial charge >= 0.3 is 31.1 Å². The monoisotopic (exact) mass is 484 g/mol. The Labute approximate surface area is 137 Å². The topological polar surface area (TPSA) is 66.6 Å². The summed E-state index contributed by atoms with van der Waals surface area (Å²) in [5, 5.41) is 8.65. The molecule has 0 saturated carbocycles. The maximum Gasteiger partial charge on any atom is 2.00 e. The molecule has 1 aliphatic rings. The maximum atomic E-state index is 10.1. The van der Waals surface area contributed by atoms with Crippen molar-refractivity contribution in [2.24, 2.45) is 5.73 Å². The minimum atomic E-state index is 0. The molecular formula is C13H30N2O2U. The molecule has 108 valence electrons. The number of nitrogens with two attached hydrogens (primary N) is 1. The number of amides is 1. The summed E-state index contributed by atoms with van der Waals surface area (Å²) in [4.78, 5) is 11.6. The Morgan fingerprint density at radius 3 is 1.94 bits per heavy atom. The second-order valence-corrected chi connectivity index (χ2v) is 3.76. The van der Waals surface area contributed by atoms with E-state index in [1.165, 1.54) is 17.9 Å². The van der Waals surface area contributed by atoms with Crippen LogP contribution in [0.5, 0.6) is 0 Å². The second kappa shape index (κ2) is 22.6. The summed E-state index contributed by atoms with van der Waals surface area (Å²) in [6.45, 7) is 11.1. The molecule has 1 heterocycles. The number of hydrogen-bond acceptors (Lipinski definition) is 3. The fraction of sp³-hybridized carbons (Fsp3) is 0.846. The van der Waals surface area contributed by atoms with Crippen molar-refractivity contribution in [1.82, 2.24) is 4.90 Å². The van der Waals surface area contributed by atoms with Crippen molar-refractivity contribution in [2.45, 2.75) is 53.5 Å². The molecule has 1 atom stereocenters. The van der Waals surface area contributed by atoms with Gasteiger partial charge in [0.25, 0.3) is 0 Å². The molecule has 4 nitrogen and oxygen atoms in total. The van der Waals surface area contributed by atoms with Crippen LogP contribution in [0.3, 0.4) is 0 Å². The van der Waals surface area contributed by atoms with E-state index in [0.29, 0.717) is 0 Å². The van der Waals surface area contributed by atoms with Crippen molar-refractivity contribution in [2.75, 3.05) is 20.2 Å². The Morgan fingerprint density at radius 1 is 1.33 bits per heavy atom. The van der Waals surface area contributed by atoms with Crippen LogP contribution < -0.4 is 5.73 Å². The number of rotatable bonds is 2. The van der Waals surface area contributed by atoms with Crippen LogP contribution in [0.2, 0.25) is 0 Å². The smallest absolute Gasteiger partial charge is 0.520 e. The molecule has 1 saturated heterocycles. The van der Waals surface area contributed by atoms with Gasteiger partial charge in [-0.3, -0.25) is 0 Å². The largest absolute Gasteiger partial charge is 2.00 e. The molecule has 1 amide bonds. The predicted octanol–water partition coefficient (Wildman–Crippen LogP) is 1.73. The third kappa shape index (κ3) is 18.8. The Kier molecular flexibility index (Phi) is 33.8. The molecule has 0 spiro atoms. The van der Waals surface area contributed by atoms with Gasteiger partial charge in [0.05, 0.1) is 6.61 Å². The zero-order valence-electron chi connectivity index (χ0n) is 12.8. The fourth-order valence-electron chi connectivity index (χ4n) is 1.15. The average molecular weight is 484 g/mol. The number of aliphatic hydroxyl groups is 1. The van der Waals surface area contributed by atoms with E-state index in [1.807, 2.05) is 13.8 Å². The van der Waals surface area contributed by atoms with E-state index in [0.717, 1.165) is 19.4 Å². The third-order valence-corrected chi connectivity index (χ3v) is 1.71. The normalized spacial score (nSPS) is 16.1. The third-order valence-electron chi connectivity index (χ3n) is 1.71. The summed E-state index contributed by atoms with van der Waals surface area (Å²) in [6, 6.07) is 0.0440. The van der Waals surface area contributed by atoms with Gasteiger partial charge in [-0.1, -0.05) is 13.8 Å². The van der Waals surface area contributed by atoms with E-state index in [2.05, 4.69) is 26.5 Å². The zero-order chi connectivity index (χ0) is 14.3. The maximum absolute atomic E-state index is 10.1. The van der Waals surface area contributed by atoms with E-state index in [-0.39, 0.29) is 43.8 Å². The van der Waals surface area contributed by atoms with Gasteiger partial charge in [0, 0.05) is 6.04 Å². The summed E-state index contributed by atoms with van der Waals surface area (Å²) < 4.78 is 0. The van der Waals surface area contributed by atoms with Gasteiger partial charge < -0.3 is 26.5 Å². The van der Waals surface area contributed by atoms with Crippen molar-refractivity contribution < 1.29 is 41.0 Å². The van der Waals surface area contributed by atoms with Gasteiger partial charge in [0.2, 0.25) is 0 Å². The Bertz CT molecular complexity index is 144. The molecule has 0 aliphatic carbocycles. The van der Waals surface area contributed by atoms with Gasteiger partial charge in [-0.25, -0.2) is 0 Å². The van der Waals surface area contributed by atoms with Crippen LogP contribution >= 0.6 is 0 Å². The molecule has 1 aliphatic heterocycles. The first-order valence-corrected chi connectivity index (χ1v) is 6.21. The van der Waals surface area contributed by atoms with E-state index in [4.69, 9.17) is 5.11 Å². The second-order valence-electron chi connectivity index (χ2n) is 3.76. The van der Waals surface area contributed by atoms with Crippen molar-refractivity contribution in [1.29, 1.82) is 0 Å². The number of hydrogen-bond donors (Lipinski definition) is 2. The number of nitrogens with zero attached hydrogens (tertiary/aromatic N) is 1. The zero-order valence-corrected chi connectivity index (χ0v) is 16.9. The summed E-state index contributed by atoms with van der Waals surface area (Å²) in [5.74, 6) is 1.42. The van der Waals surface area contributed by atoms with Gasteiger partial charge in [0.15, 0.2) is 0 Å². The molecule has 0 bridgehead atoms. The van der Waals surface area contributed by atoms with Crippen molar-refractivity contribution >= 4 is 6.41 Å². The molecule has 1 rings (SSSR count). The van der Waals surface area contributed by atoms with Crippen LogP contribution in [0.4, 0.5) is 0 Å². The van der Waals surface area contributed by atoms with Crippen LogP contribution in [0.1, 0.15) is 47.5 Å². The standard InChI is InChI=1S/C6H10NO2.C4H9.C2H6.CH5N.U/c8-4-6-2-1-3-7(6)5-9;1-4(2)3;2*1-2;/h6,8H,1-4H2;1-3H3;1-2H3;2H2,1H3;/q2*-1;;;+2. The van der Waals surface area contributed by atoms with E-state index < -0.39 is 0 Å². The summed E-state index contributed by atoms with van der Waals surface area (Å²) in [5.41, 5.74) is 4.50. The van der Waals surface area contributed by atoms with Crippen LogP contribution in [0.25, 0.3) is 0 Å². The first kappa shape index (κ1) is 26.9. The molecular weight excluding hydrogens is 454 g/mol. The van der Waals surface area contributed by atoms with Crippen molar-refractivity contribution in [3.8, 4) is 0 Å². The Hall–Kier alpha value is 0.442. The van der Waals surface area contributed by atoms with Crippen LogP contribution in [-0.4, -0.2) is 42.7 Å². The average Bonchev–Trinajstić information content (AvgIpc) is 2.80. The molecule has 0 aromatic heterocycles. The molecule has 18 heavy (non-hydrogen) atoms. The van der Waals surface area contributed by atoms with Gasteiger partial charge in [0.1, 0.15) is 0 Å². The fourth-order valence-corrected chi connectivity index (χ4v) is 1.15. The van der Waals surface area contributed by atoms with Crippen molar-refractivity contribution in [3.05, 3.63) is 5.92 Å². The molecule has 0 aromatic carbocycles. The molecule has 0 aromatic rings. The number of likely N-dealkylation sites (tertiary alicyclic amines) is 1. The first-order chi connectivity index (χ1) is 8.11. The minimum Gasteiger partial charge on any atom is -0.520 e. The van der Waals surface area contributed by atoms with Crippen molar-refractivity contribution in [3.63, 3.8) is 0 Å². The van der Waals surface area contributed by atoms with Gasteiger partial charge in [-0.2, -0.15) is 27.2 Å². The van der Waals surface area contributed by atoms with E-state index >= 15 is 0 Å². The number of carbonyl (C=O) groups excluding carboxylic acids is 1. The van der Waals surface area contributed by atoms with E-state index in [9.17, 15) is 4.79 Å². The van der Waals surface area contributed by atoms with Gasteiger partial charge in [-0.15, -0.1) is 0 Å². The minimum absolute atomic E-state index is 0. The van der Waals surface area contributed by atoms with Gasteiger partial charge in [-0.05, 0) is 26.4 Å². The van der Waals surface area contributed by atoms with Crippen LogP contribution in [-0.2, 0) is 4.79 Å².